The number of anilines is 1. The van der Waals surface area contributed by atoms with E-state index >= 15 is 0 Å². The zero-order valence-corrected chi connectivity index (χ0v) is 15.1. The molecule has 3 rings (SSSR count). The Morgan fingerprint density at radius 3 is 2.76 bits per heavy atom. The average molecular weight is 402 g/mol. The van der Waals surface area contributed by atoms with Crippen LogP contribution in [0.1, 0.15) is 13.3 Å². The van der Waals surface area contributed by atoms with Crippen LogP contribution in [0.2, 0.25) is 0 Å². The van der Waals surface area contributed by atoms with Crippen molar-refractivity contribution in [3.05, 3.63) is 47.3 Å². The molecule has 0 saturated carbocycles. The molecule has 8 heteroatoms. The van der Waals surface area contributed by atoms with Gasteiger partial charge in [0.05, 0.1) is 5.39 Å². The van der Waals surface area contributed by atoms with Crippen LogP contribution in [0.15, 0.2) is 47.3 Å². The fraction of sp³-hybridized carbons (Fsp3) is 0.176. The quantitative estimate of drug-likeness (QED) is 0.671. The zero-order valence-electron chi connectivity index (χ0n) is 13.5. The van der Waals surface area contributed by atoms with Crippen molar-refractivity contribution in [2.45, 2.75) is 13.3 Å². The molecule has 2 amide bonds. The number of nitrogens with zero attached hydrogens (tertiary/aromatic N) is 3. The smallest absolute Gasteiger partial charge is 0.319 e. The van der Waals surface area contributed by atoms with Crippen LogP contribution < -0.4 is 15.4 Å². The van der Waals surface area contributed by atoms with E-state index in [4.69, 9.17) is 4.74 Å². The molecule has 0 aliphatic rings. The number of hydrogen-bond donors (Lipinski definition) is 2. The summed E-state index contributed by atoms with van der Waals surface area (Å²) in [5, 5.41) is 6.22. The van der Waals surface area contributed by atoms with E-state index < -0.39 is 0 Å². The van der Waals surface area contributed by atoms with Gasteiger partial charge in [-0.05, 0) is 52.7 Å². The number of halogens is 1. The number of hydrogen-bond acceptors (Lipinski definition) is 5. The van der Waals surface area contributed by atoms with Crippen molar-refractivity contribution in [3.8, 4) is 11.6 Å². The van der Waals surface area contributed by atoms with Gasteiger partial charge in [-0.25, -0.2) is 19.7 Å². The summed E-state index contributed by atoms with van der Waals surface area (Å²) in [5.74, 6) is 1.01. The van der Waals surface area contributed by atoms with Crippen LogP contribution in [-0.2, 0) is 0 Å². The lowest BCUT2D eigenvalue weighted by molar-refractivity contribution is 0.252. The predicted octanol–water partition coefficient (Wildman–Crippen LogP) is 4.11. The van der Waals surface area contributed by atoms with Crippen molar-refractivity contribution in [2.24, 2.45) is 0 Å². The maximum Gasteiger partial charge on any atom is 0.319 e. The lowest BCUT2D eigenvalue weighted by Gasteiger charge is -2.09. The molecule has 25 heavy (non-hydrogen) atoms. The number of pyridine rings is 1. The minimum Gasteiger partial charge on any atom is -0.438 e. The molecule has 3 aromatic rings. The summed E-state index contributed by atoms with van der Waals surface area (Å²) in [6.07, 6.45) is 3.97. The SMILES string of the molecule is CCCNC(=O)Nc1ccc(Oc2ncnc3ncc(Br)cc23)cc1. The van der Waals surface area contributed by atoms with E-state index in [0.717, 1.165) is 10.9 Å². The number of ether oxygens (including phenoxy) is 1. The van der Waals surface area contributed by atoms with Crippen molar-refractivity contribution in [3.63, 3.8) is 0 Å². The zero-order chi connectivity index (χ0) is 17.6. The van der Waals surface area contributed by atoms with Gasteiger partial charge in [-0.1, -0.05) is 6.92 Å². The lowest BCUT2D eigenvalue weighted by Crippen LogP contribution is -2.29. The van der Waals surface area contributed by atoms with Crippen LogP contribution in [0, 0.1) is 0 Å². The van der Waals surface area contributed by atoms with Gasteiger partial charge in [-0.2, -0.15) is 0 Å². The summed E-state index contributed by atoms with van der Waals surface area (Å²) in [7, 11) is 0. The topological polar surface area (TPSA) is 89.0 Å². The van der Waals surface area contributed by atoms with Gasteiger partial charge in [0, 0.05) is 22.9 Å². The van der Waals surface area contributed by atoms with Gasteiger partial charge in [0.1, 0.15) is 12.1 Å². The molecule has 0 unspecified atom stereocenters. The Morgan fingerprint density at radius 2 is 2.00 bits per heavy atom. The summed E-state index contributed by atoms with van der Waals surface area (Å²) in [6, 6.07) is 8.67. The number of rotatable bonds is 5. The first-order chi connectivity index (χ1) is 12.2. The van der Waals surface area contributed by atoms with E-state index in [2.05, 4.69) is 41.5 Å². The van der Waals surface area contributed by atoms with E-state index in [0.29, 0.717) is 34.9 Å². The average Bonchev–Trinajstić information content (AvgIpc) is 2.62. The normalized spacial score (nSPS) is 10.5. The Morgan fingerprint density at radius 1 is 1.20 bits per heavy atom. The third kappa shape index (κ3) is 4.42. The highest BCUT2D eigenvalue weighted by atomic mass is 79.9. The van der Waals surface area contributed by atoms with Crippen LogP contribution in [0.5, 0.6) is 11.6 Å². The predicted molar refractivity (Wildman–Crippen MR) is 98.9 cm³/mol. The highest BCUT2D eigenvalue weighted by molar-refractivity contribution is 9.10. The second kappa shape index (κ2) is 7.89. The molecule has 128 valence electrons. The maximum atomic E-state index is 11.6. The molecule has 0 aliphatic carbocycles. The van der Waals surface area contributed by atoms with E-state index in [1.807, 2.05) is 13.0 Å². The third-order valence-electron chi connectivity index (χ3n) is 3.28. The number of urea groups is 1. The van der Waals surface area contributed by atoms with Crippen molar-refractivity contribution < 1.29 is 9.53 Å². The van der Waals surface area contributed by atoms with Gasteiger partial charge in [0.2, 0.25) is 5.88 Å². The van der Waals surface area contributed by atoms with Gasteiger partial charge < -0.3 is 15.4 Å². The number of amides is 2. The Balaban J connectivity index is 1.74. The number of aromatic nitrogens is 3. The molecule has 0 atom stereocenters. The molecular formula is C17H16BrN5O2. The minimum atomic E-state index is -0.228. The largest absolute Gasteiger partial charge is 0.438 e. The van der Waals surface area contributed by atoms with Crippen molar-refractivity contribution in [1.82, 2.24) is 20.3 Å². The van der Waals surface area contributed by atoms with Gasteiger partial charge in [0.25, 0.3) is 0 Å². The fourth-order valence-corrected chi connectivity index (χ4v) is 2.44. The van der Waals surface area contributed by atoms with Gasteiger partial charge in [-0.3, -0.25) is 0 Å². The summed E-state index contributed by atoms with van der Waals surface area (Å²) >= 11 is 3.38. The number of nitrogens with one attached hydrogen (secondary N) is 2. The molecule has 2 N–H and O–H groups in total. The van der Waals surface area contributed by atoms with E-state index in [-0.39, 0.29) is 6.03 Å². The molecular weight excluding hydrogens is 386 g/mol. The van der Waals surface area contributed by atoms with E-state index in [1.54, 1.807) is 30.5 Å². The number of fused-ring (bicyclic) bond motifs is 1. The van der Waals surface area contributed by atoms with Gasteiger partial charge >= 0.3 is 6.03 Å². The van der Waals surface area contributed by atoms with Crippen molar-refractivity contribution >= 4 is 38.7 Å². The van der Waals surface area contributed by atoms with Crippen molar-refractivity contribution in [2.75, 3.05) is 11.9 Å². The molecule has 0 radical (unpaired) electrons. The molecule has 0 aliphatic heterocycles. The highest BCUT2D eigenvalue weighted by Crippen LogP contribution is 2.28. The highest BCUT2D eigenvalue weighted by Gasteiger charge is 2.08. The molecule has 0 fully saturated rings. The summed E-state index contributed by atoms with van der Waals surface area (Å²) in [6.45, 7) is 2.63. The second-order valence-corrected chi connectivity index (χ2v) is 6.13. The minimum absolute atomic E-state index is 0.228. The summed E-state index contributed by atoms with van der Waals surface area (Å²) in [4.78, 5) is 24.2. The van der Waals surface area contributed by atoms with E-state index in [9.17, 15) is 4.79 Å². The Kier molecular flexibility index (Phi) is 5.39. The Labute approximate surface area is 153 Å². The van der Waals surface area contributed by atoms with Crippen LogP contribution in [0.3, 0.4) is 0 Å². The third-order valence-corrected chi connectivity index (χ3v) is 3.71. The first kappa shape index (κ1) is 17.1. The van der Waals surface area contributed by atoms with Crippen LogP contribution in [0.25, 0.3) is 11.0 Å². The molecule has 7 nitrogen and oxygen atoms in total. The standard InChI is InChI=1S/C17H16BrN5O2/c1-2-7-19-17(24)23-12-3-5-13(6-4-12)25-16-14-8-11(18)9-20-15(14)21-10-22-16/h3-6,8-10H,2,7H2,1H3,(H2,19,23,24). The van der Waals surface area contributed by atoms with Gasteiger partial charge in [0.15, 0.2) is 5.65 Å². The first-order valence-electron chi connectivity index (χ1n) is 7.74. The first-order valence-corrected chi connectivity index (χ1v) is 8.54. The summed E-state index contributed by atoms with van der Waals surface area (Å²) < 4.78 is 6.65. The van der Waals surface area contributed by atoms with Crippen LogP contribution >= 0.6 is 15.9 Å². The number of carbonyl (C=O) groups excluding carboxylic acids is 1. The van der Waals surface area contributed by atoms with E-state index in [1.165, 1.54) is 6.33 Å². The monoisotopic (exact) mass is 401 g/mol. The summed E-state index contributed by atoms with van der Waals surface area (Å²) in [5.41, 5.74) is 1.23. The van der Waals surface area contributed by atoms with Crippen LogP contribution in [0.4, 0.5) is 10.5 Å². The lowest BCUT2D eigenvalue weighted by atomic mass is 10.3. The second-order valence-electron chi connectivity index (χ2n) is 5.21. The maximum absolute atomic E-state index is 11.6. The fourth-order valence-electron chi connectivity index (χ4n) is 2.11. The molecule has 2 aromatic heterocycles. The number of benzene rings is 1. The van der Waals surface area contributed by atoms with Gasteiger partial charge in [-0.15, -0.1) is 0 Å². The van der Waals surface area contributed by atoms with Crippen molar-refractivity contribution in [1.29, 1.82) is 0 Å². The Hall–Kier alpha value is -2.74. The Bertz CT molecular complexity index is 886. The molecule has 2 heterocycles. The molecule has 0 spiro atoms. The number of carbonyl (C=O) groups is 1. The van der Waals surface area contributed by atoms with Crippen LogP contribution in [-0.4, -0.2) is 27.5 Å². The molecule has 0 bridgehead atoms. The molecule has 0 saturated heterocycles. The molecule has 1 aromatic carbocycles.